The molecule has 0 aliphatic heterocycles. The van der Waals surface area contributed by atoms with Gasteiger partial charge in [-0.1, -0.05) is 68.0 Å². The summed E-state index contributed by atoms with van der Waals surface area (Å²) in [7, 11) is 0. The third-order valence-electron chi connectivity index (χ3n) is 3.22. The van der Waals surface area contributed by atoms with E-state index in [-0.39, 0.29) is 0 Å². The minimum atomic E-state index is 0.598. The van der Waals surface area contributed by atoms with Crippen LogP contribution in [0.15, 0.2) is 60.9 Å². The molecule has 0 aliphatic rings. The number of allylic oxidation sites excluding steroid dienone is 1. The summed E-state index contributed by atoms with van der Waals surface area (Å²) in [4.78, 5) is 0. The Hall–Kier alpha value is -1.89. The minimum Gasteiger partial charge on any atom is -0.216 e. The maximum atomic E-state index is 11.9. The Morgan fingerprint density at radius 3 is 1.84 bits per heavy atom. The van der Waals surface area contributed by atoms with E-state index in [2.05, 4.69) is 55.5 Å². The molecule has 98 valence electrons. The lowest BCUT2D eigenvalue weighted by atomic mass is 10.0. The van der Waals surface area contributed by atoms with E-state index in [1.54, 1.807) is 0 Å². The molecular formula is C18H19F. The Balaban J connectivity index is 2.12. The van der Waals surface area contributed by atoms with Crippen LogP contribution < -0.4 is 0 Å². The van der Waals surface area contributed by atoms with E-state index in [1.165, 1.54) is 29.2 Å². The van der Waals surface area contributed by atoms with Crippen LogP contribution in [0, 0.1) is 0 Å². The summed E-state index contributed by atoms with van der Waals surface area (Å²) in [5.41, 5.74) is 4.94. The van der Waals surface area contributed by atoms with E-state index >= 15 is 0 Å². The Morgan fingerprint density at radius 2 is 1.37 bits per heavy atom. The topological polar surface area (TPSA) is 0 Å². The molecule has 0 nitrogen and oxygen atoms in total. The summed E-state index contributed by atoms with van der Waals surface area (Å²) in [6.07, 6.45) is 5.08. The molecule has 0 saturated carbocycles. The van der Waals surface area contributed by atoms with E-state index in [0.29, 0.717) is 12.8 Å². The third-order valence-corrected chi connectivity index (χ3v) is 3.22. The normalized spacial score (nSPS) is 11.1. The average Bonchev–Trinajstić information content (AvgIpc) is 2.47. The molecule has 2 rings (SSSR count). The van der Waals surface area contributed by atoms with Crippen LogP contribution in [0.5, 0.6) is 0 Å². The van der Waals surface area contributed by atoms with Gasteiger partial charge in [-0.05, 0) is 35.1 Å². The fraction of sp³-hybridized carbons (Fsp3) is 0.222. The second-order valence-electron chi connectivity index (χ2n) is 4.71. The molecule has 2 aromatic carbocycles. The number of hydrogen-bond acceptors (Lipinski definition) is 0. The number of hydrogen-bond donors (Lipinski definition) is 0. The van der Waals surface area contributed by atoms with Gasteiger partial charge in [-0.15, -0.1) is 0 Å². The van der Waals surface area contributed by atoms with E-state index in [0.717, 1.165) is 12.0 Å². The van der Waals surface area contributed by atoms with Crippen LogP contribution in [0.1, 0.15) is 24.5 Å². The van der Waals surface area contributed by atoms with Gasteiger partial charge in [-0.2, -0.15) is 0 Å². The third kappa shape index (κ3) is 3.78. The molecule has 0 atom stereocenters. The van der Waals surface area contributed by atoms with Crippen molar-refractivity contribution in [1.29, 1.82) is 0 Å². The van der Waals surface area contributed by atoms with Crippen molar-refractivity contribution in [1.82, 2.24) is 0 Å². The van der Waals surface area contributed by atoms with E-state index in [9.17, 15) is 4.39 Å². The zero-order valence-corrected chi connectivity index (χ0v) is 11.3. The number of halogens is 1. The predicted molar refractivity (Wildman–Crippen MR) is 79.8 cm³/mol. The highest BCUT2D eigenvalue weighted by Crippen LogP contribution is 2.21. The van der Waals surface area contributed by atoms with Crippen LogP contribution in [0.2, 0.25) is 0 Å². The zero-order valence-electron chi connectivity index (χ0n) is 11.3. The summed E-state index contributed by atoms with van der Waals surface area (Å²) in [5, 5.41) is 0. The molecule has 19 heavy (non-hydrogen) atoms. The van der Waals surface area contributed by atoms with Crippen molar-refractivity contribution < 1.29 is 4.39 Å². The van der Waals surface area contributed by atoms with Crippen LogP contribution >= 0.6 is 0 Å². The second-order valence-corrected chi connectivity index (χ2v) is 4.71. The molecule has 0 radical (unpaired) electrons. The lowest BCUT2D eigenvalue weighted by Crippen LogP contribution is -1.85. The molecule has 0 fully saturated rings. The van der Waals surface area contributed by atoms with Crippen molar-refractivity contribution in [2.45, 2.75) is 26.2 Å². The quantitative estimate of drug-likeness (QED) is 0.676. The smallest absolute Gasteiger partial charge is 0.0830 e. The highest BCUT2D eigenvalue weighted by atomic mass is 19.1. The highest BCUT2D eigenvalue weighted by Gasteiger charge is 1.98. The summed E-state index contributed by atoms with van der Waals surface area (Å²) >= 11 is 0. The van der Waals surface area contributed by atoms with Crippen molar-refractivity contribution in [2.75, 3.05) is 0 Å². The van der Waals surface area contributed by atoms with Gasteiger partial charge in [0.2, 0.25) is 0 Å². The first-order valence-corrected chi connectivity index (χ1v) is 6.77. The first kappa shape index (κ1) is 13.5. The largest absolute Gasteiger partial charge is 0.216 e. The molecule has 0 N–H and O–H groups in total. The summed E-state index contributed by atoms with van der Waals surface area (Å²) in [6, 6.07) is 17.0. The van der Waals surface area contributed by atoms with Gasteiger partial charge in [0.15, 0.2) is 0 Å². The van der Waals surface area contributed by atoms with E-state index in [4.69, 9.17) is 0 Å². The maximum Gasteiger partial charge on any atom is 0.0830 e. The van der Waals surface area contributed by atoms with Crippen molar-refractivity contribution in [3.05, 3.63) is 72.1 Å². The predicted octanol–water partition coefficient (Wildman–Crippen LogP) is 5.33. The fourth-order valence-electron chi connectivity index (χ4n) is 2.17. The lowest BCUT2D eigenvalue weighted by Gasteiger charge is -2.05. The Morgan fingerprint density at radius 1 is 0.842 bits per heavy atom. The Bertz CT molecular complexity index is 521. The standard InChI is InChI=1S/C18H19F/c1-2-4-15-6-10-17(11-7-15)18-12-8-16(9-13-18)5-3-14-19/h3,6-14H,2,4-5H2,1H3. The Labute approximate surface area is 114 Å². The summed E-state index contributed by atoms with van der Waals surface area (Å²) in [5.74, 6) is 0. The summed E-state index contributed by atoms with van der Waals surface area (Å²) in [6.45, 7) is 2.19. The highest BCUT2D eigenvalue weighted by molar-refractivity contribution is 5.64. The Kier molecular flexibility index (Phi) is 4.91. The maximum absolute atomic E-state index is 11.9. The van der Waals surface area contributed by atoms with Crippen molar-refractivity contribution in [2.24, 2.45) is 0 Å². The minimum absolute atomic E-state index is 0.598. The number of benzene rings is 2. The monoisotopic (exact) mass is 254 g/mol. The fourth-order valence-corrected chi connectivity index (χ4v) is 2.17. The summed E-state index contributed by atoms with van der Waals surface area (Å²) < 4.78 is 11.9. The molecule has 0 saturated heterocycles. The van der Waals surface area contributed by atoms with Crippen LogP contribution in [0.3, 0.4) is 0 Å². The molecule has 0 aliphatic carbocycles. The van der Waals surface area contributed by atoms with Gasteiger partial charge < -0.3 is 0 Å². The first-order chi connectivity index (χ1) is 9.33. The molecule has 0 aromatic heterocycles. The van der Waals surface area contributed by atoms with E-state index in [1.807, 2.05) is 0 Å². The first-order valence-electron chi connectivity index (χ1n) is 6.77. The lowest BCUT2D eigenvalue weighted by molar-refractivity contribution is 0.716. The van der Waals surface area contributed by atoms with Gasteiger partial charge in [0.1, 0.15) is 0 Å². The van der Waals surface area contributed by atoms with Crippen molar-refractivity contribution in [3.8, 4) is 11.1 Å². The van der Waals surface area contributed by atoms with Crippen LogP contribution in [0.4, 0.5) is 4.39 Å². The van der Waals surface area contributed by atoms with Gasteiger partial charge in [0.05, 0.1) is 6.33 Å². The molecule has 0 unspecified atom stereocenters. The van der Waals surface area contributed by atoms with Crippen LogP contribution in [0.25, 0.3) is 11.1 Å². The van der Waals surface area contributed by atoms with Gasteiger partial charge >= 0.3 is 0 Å². The van der Waals surface area contributed by atoms with Crippen LogP contribution in [-0.2, 0) is 12.8 Å². The number of rotatable bonds is 5. The van der Waals surface area contributed by atoms with Gasteiger partial charge in [-0.3, -0.25) is 0 Å². The van der Waals surface area contributed by atoms with Gasteiger partial charge in [-0.25, -0.2) is 4.39 Å². The molecule has 1 heteroatoms. The van der Waals surface area contributed by atoms with Gasteiger partial charge in [0, 0.05) is 0 Å². The molecular weight excluding hydrogens is 235 g/mol. The van der Waals surface area contributed by atoms with Crippen LogP contribution in [-0.4, -0.2) is 0 Å². The molecule has 0 bridgehead atoms. The zero-order chi connectivity index (χ0) is 13.5. The average molecular weight is 254 g/mol. The van der Waals surface area contributed by atoms with Gasteiger partial charge in [0.25, 0.3) is 0 Å². The second kappa shape index (κ2) is 6.89. The number of aryl methyl sites for hydroxylation is 1. The van der Waals surface area contributed by atoms with Crippen molar-refractivity contribution in [3.63, 3.8) is 0 Å². The molecule has 2 aromatic rings. The molecule has 0 heterocycles. The SMILES string of the molecule is CCCc1ccc(-c2ccc(CC=CF)cc2)cc1. The molecule has 0 amide bonds. The van der Waals surface area contributed by atoms with Crippen molar-refractivity contribution >= 4 is 0 Å². The van der Waals surface area contributed by atoms with E-state index < -0.39 is 0 Å². The molecule has 0 spiro atoms.